The molecule has 0 saturated carbocycles. The molecule has 1 aliphatic carbocycles. The van der Waals surface area contributed by atoms with Gasteiger partial charge in [0.2, 0.25) is 5.88 Å². The van der Waals surface area contributed by atoms with Crippen LogP contribution in [0.3, 0.4) is 0 Å². The molecule has 1 aromatic carbocycles. The van der Waals surface area contributed by atoms with Crippen molar-refractivity contribution in [2.75, 3.05) is 0 Å². The lowest BCUT2D eigenvalue weighted by atomic mass is 9.93. The fourth-order valence-electron chi connectivity index (χ4n) is 2.61. The van der Waals surface area contributed by atoms with Crippen molar-refractivity contribution in [3.63, 3.8) is 0 Å². The first-order chi connectivity index (χ1) is 10.1. The molecule has 0 amide bonds. The van der Waals surface area contributed by atoms with E-state index in [1.807, 2.05) is 12.1 Å². The van der Waals surface area contributed by atoms with E-state index in [0.29, 0.717) is 15.8 Å². The summed E-state index contributed by atoms with van der Waals surface area (Å²) >= 11 is 13.8. The molecule has 0 radical (unpaired) electrons. The molecule has 0 unspecified atom stereocenters. The molecule has 1 aliphatic rings. The number of benzene rings is 1. The summed E-state index contributed by atoms with van der Waals surface area (Å²) in [4.78, 5) is 4.30. The minimum absolute atomic E-state index is 0.107. The minimum atomic E-state index is 0.107. The van der Waals surface area contributed by atoms with Gasteiger partial charge in [0, 0.05) is 21.9 Å². The summed E-state index contributed by atoms with van der Waals surface area (Å²) in [5.41, 5.74) is 3.50. The van der Waals surface area contributed by atoms with Gasteiger partial charge in [0.25, 0.3) is 0 Å². The Labute approximate surface area is 138 Å². The zero-order valence-corrected chi connectivity index (χ0v) is 13.7. The first-order valence-corrected chi connectivity index (χ1v) is 8.66. The van der Waals surface area contributed by atoms with Crippen LogP contribution in [0.2, 0.25) is 10.0 Å². The van der Waals surface area contributed by atoms with E-state index < -0.39 is 0 Å². The quantitative estimate of drug-likeness (QED) is 0.773. The van der Waals surface area contributed by atoms with Crippen LogP contribution in [0.1, 0.15) is 29.5 Å². The standard InChI is InChI=1S/C16H15Cl2NOS/c17-12-5-6-14(18)11(7-12)9-21-16-13-4-2-1-3-10(13)8-15(20)19-16/h5-8H,1-4,9H2,(H,19,20). The molecule has 0 bridgehead atoms. The van der Waals surface area contributed by atoms with Gasteiger partial charge in [-0.05, 0) is 60.6 Å². The van der Waals surface area contributed by atoms with Crippen molar-refractivity contribution in [1.82, 2.24) is 4.98 Å². The zero-order chi connectivity index (χ0) is 14.8. The van der Waals surface area contributed by atoms with E-state index in [-0.39, 0.29) is 5.88 Å². The molecule has 110 valence electrons. The third-order valence-electron chi connectivity index (χ3n) is 3.66. The van der Waals surface area contributed by atoms with Gasteiger partial charge >= 0.3 is 0 Å². The number of nitrogens with zero attached hydrogens (tertiary/aromatic N) is 1. The molecular weight excluding hydrogens is 325 g/mol. The lowest BCUT2D eigenvalue weighted by molar-refractivity contribution is 0.445. The highest BCUT2D eigenvalue weighted by molar-refractivity contribution is 7.98. The summed E-state index contributed by atoms with van der Waals surface area (Å²) < 4.78 is 0. The molecule has 3 rings (SSSR count). The molecule has 2 aromatic rings. The number of aromatic hydroxyl groups is 1. The van der Waals surface area contributed by atoms with Crippen molar-refractivity contribution in [3.8, 4) is 5.88 Å². The van der Waals surface area contributed by atoms with Gasteiger partial charge in [-0.15, -0.1) is 11.8 Å². The Morgan fingerprint density at radius 3 is 2.81 bits per heavy atom. The van der Waals surface area contributed by atoms with Gasteiger partial charge in [-0.2, -0.15) is 0 Å². The van der Waals surface area contributed by atoms with Crippen molar-refractivity contribution in [3.05, 3.63) is 51.0 Å². The van der Waals surface area contributed by atoms with Crippen molar-refractivity contribution >= 4 is 35.0 Å². The second kappa shape index (κ2) is 6.47. The van der Waals surface area contributed by atoms with E-state index in [9.17, 15) is 5.11 Å². The van der Waals surface area contributed by atoms with Gasteiger partial charge in [-0.1, -0.05) is 23.2 Å². The Morgan fingerprint density at radius 2 is 1.95 bits per heavy atom. The molecule has 1 aromatic heterocycles. The maximum Gasteiger partial charge on any atom is 0.212 e. The maximum atomic E-state index is 9.79. The number of hydrogen-bond donors (Lipinski definition) is 1. The monoisotopic (exact) mass is 339 g/mol. The first kappa shape index (κ1) is 15.0. The van der Waals surface area contributed by atoms with E-state index in [1.54, 1.807) is 23.9 Å². The predicted octanol–water partition coefficient (Wildman–Crippen LogP) is 5.27. The topological polar surface area (TPSA) is 33.1 Å². The van der Waals surface area contributed by atoms with Gasteiger partial charge in [0.15, 0.2) is 0 Å². The van der Waals surface area contributed by atoms with Crippen LogP contribution in [-0.4, -0.2) is 10.1 Å². The van der Waals surface area contributed by atoms with Crippen LogP contribution in [-0.2, 0) is 18.6 Å². The predicted molar refractivity (Wildman–Crippen MR) is 88.6 cm³/mol. The van der Waals surface area contributed by atoms with Crippen LogP contribution in [0.4, 0.5) is 0 Å². The fraction of sp³-hybridized carbons (Fsp3) is 0.312. The van der Waals surface area contributed by atoms with Crippen molar-refractivity contribution in [2.45, 2.75) is 36.5 Å². The average Bonchev–Trinajstić information content (AvgIpc) is 2.47. The Kier molecular flexibility index (Phi) is 4.63. The highest BCUT2D eigenvalue weighted by Gasteiger charge is 2.17. The summed E-state index contributed by atoms with van der Waals surface area (Å²) in [6, 6.07) is 7.27. The molecule has 0 saturated heterocycles. The second-order valence-corrected chi connectivity index (χ2v) is 6.96. The number of aromatic nitrogens is 1. The Bertz CT molecular complexity index is 676. The fourth-order valence-corrected chi connectivity index (χ4v) is 4.17. The van der Waals surface area contributed by atoms with E-state index >= 15 is 0 Å². The van der Waals surface area contributed by atoms with Gasteiger partial charge < -0.3 is 5.11 Å². The average molecular weight is 340 g/mol. The molecule has 0 aliphatic heterocycles. The van der Waals surface area contributed by atoms with Crippen LogP contribution in [0, 0.1) is 0 Å². The van der Waals surface area contributed by atoms with Crippen LogP contribution < -0.4 is 0 Å². The van der Waals surface area contributed by atoms with Gasteiger partial charge in [-0.25, -0.2) is 4.98 Å². The lowest BCUT2D eigenvalue weighted by Crippen LogP contribution is -2.05. The van der Waals surface area contributed by atoms with Crippen LogP contribution in [0.5, 0.6) is 5.88 Å². The van der Waals surface area contributed by atoms with Crippen LogP contribution in [0.25, 0.3) is 0 Å². The van der Waals surface area contributed by atoms with Gasteiger partial charge in [-0.3, -0.25) is 0 Å². The molecular formula is C16H15Cl2NOS. The summed E-state index contributed by atoms with van der Waals surface area (Å²) in [6.07, 6.45) is 4.43. The molecule has 21 heavy (non-hydrogen) atoms. The molecule has 1 heterocycles. The summed E-state index contributed by atoms with van der Waals surface area (Å²) in [7, 11) is 0. The van der Waals surface area contributed by atoms with Crippen LogP contribution in [0.15, 0.2) is 29.3 Å². The number of hydrogen-bond acceptors (Lipinski definition) is 3. The molecule has 2 nitrogen and oxygen atoms in total. The highest BCUT2D eigenvalue weighted by Crippen LogP contribution is 2.35. The Morgan fingerprint density at radius 1 is 1.14 bits per heavy atom. The maximum absolute atomic E-state index is 9.79. The summed E-state index contributed by atoms with van der Waals surface area (Å²) in [6.45, 7) is 0. The number of halogens is 2. The number of aryl methyl sites for hydroxylation is 1. The summed E-state index contributed by atoms with van der Waals surface area (Å²) in [5, 5.41) is 12.1. The van der Waals surface area contributed by atoms with Crippen molar-refractivity contribution in [1.29, 1.82) is 0 Å². The lowest BCUT2D eigenvalue weighted by Gasteiger charge is -2.18. The second-order valence-electron chi connectivity index (χ2n) is 5.15. The van der Waals surface area contributed by atoms with Gasteiger partial charge in [0.1, 0.15) is 5.03 Å². The number of rotatable bonds is 3. The van der Waals surface area contributed by atoms with E-state index in [1.165, 1.54) is 24.0 Å². The zero-order valence-electron chi connectivity index (χ0n) is 11.4. The van der Waals surface area contributed by atoms with Crippen LogP contribution >= 0.6 is 35.0 Å². The third kappa shape index (κ3) is 3.47. The Hall–Kier alpha value is -0.900. The minimum Gasteiger partial charge on any atom is -0.493 e. The smallest absolute Gasteiger partial charge is 0.212 e. The molecule has 0 spiro atoms. The van der Waals surface area contributed by atoms with Gasteiger partial charge in [0.05, 0.1) is 0 Å². The Balaban J connectivity index is 1.85. The SMILES string of the molecule is Oc1cc2c(c(SCc3cc(Cl)ccc3Cl)n1)CCCC2. The first-order valence-electron chi connectivity index (χ1n) is 6.92. The largest absolute Gasteiger partial charge is 0.493 e. The molecule has 0 fully saturated rings. The van der Waals surface area contributed by atoms with Crippen molar-refractivity contribution in [2.24, 2.45) is 0 Å². The molecule has 1 N–H and O–H groups in total. The van der Waals surface area contributed by atoms with E-state index in [2.05, 4.69) is 4.98 Å². The number of fused-ring (bicyclic) bond motifs is 1. The van der Waals surface area contributed by atoms with E-state index in [4.69, 9.17) is 23.2 Å². The summed E-state index contributed by atoms with van der Waals surface area (Å²) in [5.74, 6) is 0.804. The number of pyridine rings is 1. The highest BCUT2D eigenvalue weighted by atomic mass is 35.5. The third-order valence-corrected chi connectivity index (χ3v) is 5.33. The van der Waals surface area contributed by atoms with E-state index in [0.717, 1.165) is 23.4 Å². The van der Waals surface area contributed by atoms with Crippen molar-refractivity contribution < 1.29 is 5.11 Å². The molecule has 5 heteroatoms. The normalized spacial score (nSPS) is 14.0. The number of thioether (sulfide) groups is 1. The molecule has 0 atom stereocenters.